The molecule has 0 bridgehead atoms. The Morgan fingerprint density at radius 1 is 1.08 bits per heavy atom. The molecule has 0 radical (unpaired) electrons. The maximum atomic E-state index is 13.9. The van der Waals surface area contributed by atoms with Gasteiger partial charge in [0.15, 0.2) is 4.90 Å². The van der Waals surface area contributed by atoms with Gasteiger partial charge in [-0.2, -0.15) is 9.29 Å². The number of hydrogen-bond donors (Lipinski definition) is 0. The van der Waals surface area contributed by atoms with Crippen molar-refractivity contribution in [3.05, 3.63) is 41.7 Å². The van der Waals surface area contributed by atoms with Crippen molar-refractivity contribution in [2.24, 2.45) is 0 Å². The van der Waals surface area contributed by atoms with E-state index in [2.05, 4.69) is 9.97 Å². The first-order chi connectivity index (χ1) is 12.3. The molecular formula is C16H18F2N4O3S. The van der Waals surface area contributed by atoms with E-state index in [-0.39, 0.29) is 13.1 Å². The highest BCUT2D eigenvalue weighted by atomic mass is 32.2. The molecule has 1 saturated heterocycles. The number of aromatic nitrogens is 2. The summed E-state index contributed by atoms with van der Waals surface area (Å²) in [6.07, 6.45) is 0. The second kappa shape index (κ2) is 7.12. The van der Waals surface area contributed by atoms with Crippen LogP contribution in [0.2, 0.25) is 0 Å². The topological polar surface area (TPSA) is 75.6 Å². The van der Waals surface area contributed by atoms with Crippen LogP contribution in [0.15, 0.2) is 29.2 Å². The molecule has 1 aliphatic heterocycles. The fourth-order valence-electron chi connectivity index (χ4n) is 2.81. The first-order valence-corrected chi connectivity index (χ1v) is 9.35. The monoisotopic (exact) mass is 384 g/mol. The summed E-state index contributed by atoms with van der Waals surface area (Å²) in [5, 5.41) is 0. The first kappa shape index (κ1) is 18.5. The van der Waals surface area contributed by atoms with Gasteiger partial charge in [0.25, 0.3) is 0 Å². The third kappa shape index (κ3) is 3.47. The van der Waals surface area contributed by atoms with Gasteiger partial charge in [-0.05, 0) is 19.1 Å². The highest BCUT2D eigenvalue weighted by Gasteiger charge is 2.33. The van der Waals surface area contributed by atoms with Gasteiger partial charge < -0.3 is 9.64 Å². The fourth-order valence-corrected chi connectivity index (χ4v) is 4.34. The van der Waals surface area contributed by atoms with Crippen LogP contribution in [0, 0.1) is 18.6 Å². The van der Waals surface area contributed by atoms with Gasteiger partial charge in [0.2, 0.25) is 15.9 Å². The Kier molecular flexibility index (Phi) is 5.05. The van der Waals surface area contributed by atoms with Crippen LogP contribution in [0.25, 0.3) is 0 Å². The molecule has 1 fully saturated rings. The molecule has 10 heteroatoms. The smallest absolute Gasteiger partial charge is 0.249 e. The Bertz CT molecular complexity index is 895. The minimum atomic E-state index is -4.25. The van der Waals surface area contributed by atoms with Crippen molar-refractivity contribution in [2.45, 2.75) is 11.8 Å². The molecule has 0 spiro atoms. The Balaban J connectivity index is 1.79. The number of aryl methyl sites for hydroxylation is 1. The summed E-state index contributed by atoms with van der Waals surface area (Å²) < 4.78 is 59.2. The van der Waals surface area contributed by atoms with Crippen LogP contribution in [0.5, 0.6) is 5.88 Å². The molecule has 3 rings (SSSR count). The van der Waals surface area contributed by atoms with E-state index in [4.69, 9.17) is 4.74 Å². The van der Waals surface area contributed by atoms with Crippen molar-refractivity contribution in [3.63, 3.8) is 0 Å². The van der Waals surface area contributed by atoms with E-state index >= 15 is 0 Å². The Hall–Kier alpha value is -2.33. The lowest BCUT2D eigenvalue weighted by atomic mass is 10.3. The van der Waals surface area contributed by atoms with Crippen LogP contribution in [-0.2, 0) is 10.0 Å². The second-order valence-corrected chi connectivity index (χ2v) is 7.63. The van der Waals surface area contributed by atoms with E-state index < -0.39 is 26.6 Å². The molecule has 0 aliphatic carbocycles. The number of hydrogen-bond acceptors (Lipinski definition) is 6. The molecule has 2 aromatic rings. The number of piperazine rings is 1. The molecular weight excluding hydrogens is 366 g/mol. The lowest BCUT2D eigenvalue weighted by molar-refractivity contribution is 0.375. The third-order valence-electron chi connectivity index (χ3n) is 4.09. The van der Waals surface area contributed by atoms with Crippen LogP contribution in [-0.4, -0.2) is 56.0 Å². The summed E-state index contributed by atoms with van der Waals surface area (Å²) in [4.78, 5) is 9.40. The maximum Gasteiger partial charge on any atom is 0.249 e. The van der Waals surface area contributed by atoms with Gasteiger partial charge in [0.1, 0.15) is 23.3 Å². The molecule has 140 valence electrons. The molecule has 0 saturated carbocycles. The van der Waals surface area contributed by atoms with E-state index in [0.29, 0.717) is 30.6 Å². The quantitative estimate of drug-likeness (QED) is 0.797. The lowest BCUT2D eigenvalue weighted by Gasteiger charge is -2.34. The number of halogens is 2. The molecule has 1 aliphatic rings. The number of benzene rings is 1. The lowest BCUT2D eigenvalue weighted by Crippen LogP contribution is -2.49. The Labute approximate surface area is 150 Å². The maximum absolute atomic E-state index is 13.9. The predicted octanol–water partition coefficient (Wildman–Crippen LogP) is 1.58. The minimum Gasteiger partial charge on any atom is -0.481 e. The summed E-state index contributed by atoms with van der Waals surface area (Å²) in [7, 11) is -2.75. The number of ether oxygens (including phenoxy) is 1. The summed E-state index contributed by atoms with van der Waals surface area (Å²) in [5.41, 5.74) is 0. The van der Waals surface area contributed by atoms with E-state index in [1.165, 1.54) is 7.11 Å². The second-order valence-electron chi connectivity index (χ2n) is 5.76. The van der Waals surface area contributed by atoms with Crippen LogP contribution < -0.4 is 9.64 Å². The van der Waals surface area contributed by atoms with Crippen molar-refractivity contribution < 1.29 is 21.9 Å². The van der Waals surface area contributed by atoms with Crippen LogP contribution in [0.3, 0.4) is 0 Å². The van der Waals surface area contributed by atoms with Crippen molar-refractivity contribution >= 4 is 15.8 Å². The molecule has 0 atom stereocenters. The molecule has 7 nitrogen and oxygen atoms in total. The number of nitrogens with zero attached hydrogens (tertiary/aromatic N) is 4. The van der Waals surface area contributed by atoms with Crippen molar-refractivity contribution in [1.82, 2.24) is 14.3 Å². The van der Waals surface area contributed by atoms with E-state index in [1.54, 1.807) is 13.0 Å². The molecule has 1 aromatic carbocycles. The van der Waals surface area contributed by atoms with Gasteiger partial charge in [-0.15, -0.1) is 0 Å². The molecule has 2 heterocycles. The standard InChI is InChI=1S/C16H18F2N4O3S/c1-11-19-14(10-15(20-11)25-2)21-6-8-22(9-7-21)26(23,24)16-12(17)4-3-5-13(16)18/h3-5,10H,6-9H2,1-2H3. The fraction of sp³-hybridized carbons (Fsp3) is 0.375. The van der Waals surface area contributed by atoms with Crippen molar-refractivity contribution in [3.8, 4) is 5.88 Å². The van der Waals surface area contributed by atoms with Gasteiger partial charge in [-0.3, -0.25) is 0 Å². The number of methoxy groups -OCH3 is 1. The van der Waals surface area contributed by atoms with Crippen LogP contribution >= 0.6 is 0 Å². The predicted molar refractivity (Wildman–Crippen MR) is 90.7 cm³/mol. The van der Waals surface area contributed by atoms with Gasteiger partial charge in [-0.25, -0.2) is 22.2 Å². The van der Waals surface area contributed by atoms with Gasteiger partial charge in [0, 0.05) is 32.2 Å². The normalized spacial score (nSPS) is 15.9. The largest absolute Gasteiger partial charge is 0.481 e. The summed E-state index contributed by atoms with van der Waals surface area (Å²) in [6, 6.07) is 4.66. The molecule has 0 N–H and O–H groups in total. The number of rotatable bonds is 4. The summed E-state index contributed by atoms with van der Waals surface area (Å²) in [6.45, 7) is 2.56. The van der Waals surface area contributed by atoms with Crippen molar-refractivity contribution in [2.75, 3.05) is 38.2 Å². The molecule has 1 aromatic heterocycles. The van der Waals surface area contributed by atoms with Crippen LogP contribution in [0.1, 0.15) is 5.82 Å². The van der Waals surface area contributed by atoms with E-state index in [1.807, 2.05) is 4.90 Å². The molecule has 0 amide bonds. The zero-order valence-electron chi connectivity index (χ0n) is 14.3. The summed E-state index contributed by atoms with van der Waals surface area (Å²) in [5.74, 6) is -0.630. The Morgan fingerprint density at radius 2 is 1.69 bits per heavy atom. The zero-order chi connectivity index (χ0) is 18.9. The first-order valence-electron chi connectivity index (χ1n) is 7.91. The molecule has 0 unspecified atom stereocenters. The average molecular weight is 384 g/mol. The Morgan fingerprint density at radius 3 is 2.27 bits per heavy atom. The SMILES string of the molecule is COc1cc(N2CCN(S(=O)(=O)c3c(F)cccc3F)CC2)nc(C)n1. The van der Waals surface area contributed by atoms with E-state index in [0.717, 1.165) is 22.5 Å². The third-order valence-corrected chi connectivity index (χ3v) is 6.04. The molecule has 26 heavy (non-hydrogen) atoms. The van der Waals surface area contributed by atoms with Gasteiger partial charge in [-0.1, -0.05) is 6.07 Å². The van der Waals surface area contributed by atoms with Gasteiger partial charge >= 0.3 is 0 Å². The number of sulfonamides is 1. The minimum absolute atomic E-state index is 0.0848. The number of anilines is 1. The highest BCUT2D eigenvalue weighted by molar-refractivity contribution is 7.89. The highest BCUT2D eigenvalue weighted by Crippen LogP contribution is 2.25. The van der Waals surface area contributed by atoms with Crippen molar-refractivity contribution in [1.29, 1.82) is 0 Å². The van der Waals surface area contributed by atoms with E-state index in [9.17, 15) is 17.2 Å². The van der Waals surface area contributed by atoms with Gasteiger partial charge in [0.05, 0.1) is 7.11 Å². The zero-order valence-corrected chi connectivity index (χ0v) is 15.1. The average Bonchev–Trinajstić information content (AvgIpc) is 2.61. The van der Waals surface area contributed by atoms with Crippen LogP contribution in [0.4, 0.5) is 14.6 Å². The summed E-state index contributed by atoms with van der Waals surface area (Å²) >= 11 is 0.